The van der Waals surface area contributed by atoms with Gasteiger partial charge in [0, 0.05) is 19.7 Å². The van der Waals surface area contributed by atoms with E-state index in [0.717, 1.165) is 38.1 Å². The number of nitrogens with one attached hydrogen (secondary N) is 1. The SMILES string of the molecule is COc1cc(CNCC2CCCO2)ccc1OCCO.[Cl-]. The third-order valence-corrected chi connectivity index (χ3v) is 3.30. The molecule has 6 heteroatoms. The normalized spacial score (nSPS) is 17.3. The number of hydrogen-bond acceptors (Lipinski definition) is 5. The van der Waals surface area contributed by atoms with Gasteiger partial charge in [0.05, 0.1) is 19.8 Å². The zero-order valence-corrected chi connectivity index (χ0v) is 13.1. The Morgan fingerprint density at radius 3 is 2.90 bits per heavy atom. The monoisotopic (exact) mass is 316 g/mol. The van der Waals surface area contributed by atoms with Crippen LogP contribution in [0.2, 0.25) is 0 Å². The van der Waals surface area contributed by atoms with Crippen LogP contribution in [0.15, 0.2) is 18.2 Å². The average molecular weight is 317 g/mol. The van der Waals surface area contributed by atoms with Crippen molar-refractivity contribution in [3.05, 3.63) is 23.8 Å². The van der Waals surface area contributed by atoms with Crippen LogP contribution in [-0.2, 0) is 11.3 Å². The fourth-order valence-electron chi connectivity index (χ4n) is 2.28. The van der Waals surface area contributed by atoms with Crippen LogP contribution >= 0.6 is 0 Å². The minimum Gasteiger partial charge on any atom is -1.00 e. The third-order valence-electron chi connectivity index (χ3n) is 3.30. The van der Waals surface area contributed by atoms with Crippen LogP contribution in [0.4, 0.5) is 0 Å². The van der Waals surface area contributed by atoms with Crippen molar-refractivity contribution in [1.82, 2.24) is 5.32 Å². The van der Waals surface area contributed by atoms with Crippen LogP contribution in [-0.4, -0.2) is 44.7 Å². The van der Waals surface area contributed by atoms with Crippen molar-refractivity contribution in [2.24, 2.45) is 0 Å². The fraction of sp³-hybridized carbons (Fsp3) is 0.600. The van der Waals surface area contributed by atoms with Gasteiger partial charge in [-0.3, -0.25) is 0 Å². The minimum absolute atomic E-state index is 0. The highest BCUT2D eigenvalue weighted by atomic mass is 35.5. The second-order valence-electron chi connectivity index (χ2n) is 4.82. The Labute approximate surface area is 132 Å². The molecule has 1 saturated heterocycles. The summed E-state index contributed by atoms with van der Waals surface area (Å²) in [6, 6.07) is 5.82. The first-order valence-electron chi connectivity index (χ1n) is 7.06. The Kier molecular flexibility index (Phi) is 8.45. The molecule has 1 atom stereocenters. The highest BCUT2D eigenvalue weighted by Gasteiger charge is 2.14. The number of halogens is 1. The summed E-state index contributed by atoms with van der Waals surface area (Å²) in [5.74, 6) is 1.35. The van der Waals surface area contributed by atoms with Gasteiger partial charge in [0.2, 0.25) is 0 Å². The largest absolute Gasteiger partial charge is 1.00 e. The highest BCUT2D eigenvalue weighted by Crippen LogP contribution is 2.28. The molecule has 0 saturated carbocycles. The first-order valence-corrected chi connectivity index (χ1v) is 7.06. The van der Waals surface area contributed by atoms with Gasteiger partial charge in [-0.15, -0.1) is 0 Å². The van der Waals surface area contributed by atoms with Gasteiger partial charge in [-0.25, -0.2) is 0 Å². The predicted molar refractivity (Wildman–Crippen MR) is 76.3 cm³/mol. The zero-order valence-electron chi connectivity index (χ0n) is 12.3. The standard InChI is InChI=1S/C15H23NO4.ClH/c1-18-15-9-12(4-5-14(15)20-8-6-17)10-16-11-13-3-2-7-19-13;/h4-5,9,13,16-17H,2-3,6-8,10-11H2,1H3;1H/p-1. The molecule has 0 aliphatic carbocycles. The van der Waals surface area contributed by atoms with Crippen LogP contribution < -0.4 is 27.2 Å². The molecule has 5 nitrogen and oxygen atoms in total. The molecule has 2 rings (SSSR count). The molecule has 120 valence electrons. The summed E-state index contributed by atoms with van der Waals surface area (Å²) in [5.41, 5.74) is 1.14. The van der Waals surface area contributed by atoms with Crippen molar-refractivity contribution >= 4 is 0 Å². The van der Waals surface area contributed by atoms with Gasteiger partial charge in [-0.2, -0.15) is 0 Å². The highest BCUT2D eigenvalue weighted by molar-refractivity contribution is 5.42. The number of hydrogen-bond donors (Lipinski definition) is 2. The summed E-state index contributed by atoms with van der Waals surface area (Å²) in [6.07, 6.45) is 2.66. The molecule has 1 aliphatic rings. The molecule has 0 amide bonds. The van der Waals surface area contributed by atoms with E-state index < -0.39 is 0 Å². The Morgan fingerprint density at radius 1 is 1.38 bits per heavy atom. The van der Waals surface area contributed by atoms with E-state index in [0.29, 0.717) is 17.6 Å². The van der Waals surface area contributed by atoms with Crippen molar-refractivity contribution in [3.63, 3.8) is 0 Å². The Bertz CT molecular complexity index is 411. The lowest BCUT2D eigenvalue weighted by molar-refractivity contribution is -0.00000689. The van der Waals surface area contributed by atoms with Gasteiger partial charge >= 0.3 is 0 Å². The van der Waals surface area contributed by atoms with Gasteiger partial charge in [0.25, 0.3) is 0 Å². The lowest BCUT2D eigenvalue weighted by Crippen LogP contribution is -3.00. The number of methoxy groups -OCH3 is 1. The molecular formula is C15H23ClNO4-. The molecule has 2 N–H and O–H groups in total. The van der Waals surface area contributed by atoms with E-state index in [9.17, 15) is 0 Å². The quantitative estimate of drug-likeness (QED) is 0.601. The maximum absolute atomic E-state index is 8.78. The Morgan fingerprint density at radius 2 is 2.24 bits per heavy atom. The molecule has 0 bridgehead atoms. The van der Waals surface area contributed by atoms with E-state index in [2.05, 4.69) is 5.32 Å². The van der Waals surface area contributed by atoms with Crippen molar-refractivity contribution in [1.29, 1.82) is 0 Å². The Balaban J connectivity index is 0.00000220. The number of aliphatic hydroxyl groups excluding tert-OH is 1. The second kappa shape index (κ2) is 9.84. The maximum atomic E-state index is 8.78. The minimum atomic E-state index is -0.00610. The van der Waals surface area contributed by atoms with Gasteiger partial charge < -0.3 is 37.0 Å². The van der Waals surface area contributed by atoms with Crippen LogP contribution in [0, 0.1) is 0 Å². The van der Waals surface area contributed by atoms with E-state index in [1.807, 2.05) is 18.2 Å². The van der Waals surface area contributed by atoms with Crippen LogP contribution in [0.1, 0.15) is 18.4 Å². The van der Waals surface area contributed by atoms with Crippen molar-refractivity contribution in [3.8, 4) is 11.5 Å². The zero-order chi connectivity index (χ0) is 14.2. The third kappa shape index (κ3) is 5.71. The molecule has 0 spiro atoms. The summed E-state index contributed by atoms with van der Waals surface area (Å²) in [4.78, 5) is 0. The van der Waals surface area contributed by atoms with Crippen molar-refractivity contribution in [2.45, 2.75) is 25.5 Å². The van der Waals surface area contributed by atoms with E-state index in [1.54, 1.807) is 7.11 Å². The van der Waals surface area contributed by atoms with Crippen LogP contribution in [0.5, 0.6) is 11.5 Å². The molecule has 0 aromatic heterocycles. The van der Waals surface area contributed by atoms with Gasteiger partial charge in [-0.05, 0) is 30.5 Å². The first-order chi connectivity index (χ1) is 9.83. The van der Waals surface area contributed by atoms with E-state index in [-0.39, 0.29) is 25.6 Å². The van der Waals surface area contributed by atoms with Crippen LogP contribution in [0.3, 0.4) is 0 Å². The van der Waals surface area contributed by atoms with Crippen molar-refractivity contribution < 1.29 is 31.7 Å². The molecule has 21 heavy (non-hydrogen) atoms. The molecule has 1 fully saturated rings. The molecule has 1 aromatic carbocycles. The van der Waals surface area contributed by atoms with E-state index in [4.69, 9.17) is 19.3 Å². The van der Waals surface area contributed by atoms with Crippen molar-refractivity contribution in [2.75, 3.05) is 33.5 Å². The predicted octanol–water partition coefficient (Wildman–Crippen LogP) is -1.66. The van der Waals surface area contributed by atoms with E-state index in [1.165, 1.54) is 0 Å². The summed E-state index contributed by atoms with van der Waals surface area (Å²) < 4.78 is 16.3. The van der Waals surface area contributed by atoms with Gasteiger partial charge in [0.15, 0.2) is 11.5 Å². The first kappa shape index (κ1) is 18.0. The molecule has 1 heterocycles. The fourth-order valence-corrected chi connectivity index (χ4v) is 2.28. The van der Waals surface area contributed by atoms with E-state index >= 15 is 0 Å². The summed E-state index contributed by atoms with van der Waals surface area (Å²) in [5, 5.41) is 12.2. The molecular weight excluding hydrogens is 294 g/mol. The number of benzene rings is 1. The molecule has 1 aromatic rings. The number of rotatable bonds is 8. The maximum Gasteiger partial charge on any atom is 0.161 e. The van der Waals surface area contributed by atoms with Gasteiger partial charge in [-0.1, -0.05) is 6.07 Å². The summed E-state index contributed by atoms with van der Waals surface area (Å²) in [6.45, 7) is 2.81. The lowest BCUT2D eigenvalue weighted by atomic mass is 10.2. The summed E-state index contributed by atoms with van der Waals surface area (Å²) >= 11 is 0. The second-order valence-corrected chi connectivity index (χ2v) is 4.82. The average Bonchev–Trinajstić information content (AvgIpc) is 2.99. The number of aliphatic hydroxyl groups is 1. The molecule has 1 aliphatic heterocycles. The Hall–Kier alpha value is -1.01. The molecule has 1 unspecified atom stereocenters. The van der Waals surface area contributed by atoms with Gasteiger partial charge in [0.1, 0.15) is 6.61 Å². The smallest absolute Gasteiger partial charge is 0.161 e. The number of ether oxygens (including phenoxy) is 3. The topological polar surface area (TPSA) is 60.0 Å². The summed E-state index contributed by atoms with van der Waals surface area (Å²) in [7, 11) is 1.62. The molecule has 0 radical (unpaired) electrons. The lowest BCUT2D eigenvalue weighted by Gasteiger charge is -2.13. The van der Waals surface area contributed by atoms with Crippen LogP contribution in [0.25, 0.3) is 0 Å².